The van der Waals surface area contributed by atoms with Crippen molar-refractivity contribution in [3.05, 3.63) is 132 Å². The molecule has 0 atom stereocenters. The topological polar surface area (TPSA) is 0 Å². The maximum atomic E-state index is 13.4. The molecule has 0 aliphatic heterocycles. The number of rotatable bonds is 2. The van der Waals surface area contributed by atoms with E-state index in [1.165, 1.54) is 44.5 Å². The van der Waals surface area contributed by atoms with Crippen molar-refractivity contribution in [2.75, 3.05) is 0 Å². The Morgan fingerprint density at radius 2 is 1.05 bits per heavy atom. The minimum absolute atomic E-state index is 0.642. The van der Waals surface area contributed by atoms with E-state index in [1.54, 1.807) is 12.1 Å². The molecule has 0 radical (unpaired) electrons. The number of fused-ring (bicyclic) bond motifs is 2. The lowest BCUT2D eigenvalue weighted by Gasteiger charge is -2.20. The van der Waals surface area contributed by atoms with Crippen LogP contribution in [0, 0.1) is 6.92 Å². The Morgan fingerprint density at radius 3 is 1.76 bits per heavy atom. The van der Waals surface area contributed by atoms with Crippen molar-refractivity contribution in [2.24, 2.45) is 0 Å². The molecule has 3 heteroatoms. The van der Waals surface area contributed by atoms with Crippen molar-refractivity contribution in [3.8, 4) is 22.3 Å². The predicted molar refractivity (Wildman–Crippen MR) is 166 cm³/mol. The first kappa shape index (κ1) is 24.0. The molecule has 0 fully saturated rings. The van der Waals surface area contributed by atoms with Gasteiger partial charge in [-0.2, -0.15) is 13.2 Å². The van der Waals surface area contributed by atoms with Gasteiger partial charge in [-0.3, -0.25) is 0 Å². The van der Waals surface area contributed by atoms with Crippen molar-refractivity contribution in [3.63, 3.8) is 0 Å². The summed E-state index contributed by atoms with van der Waals surface area (Å²) in [6.07, 6.45) is -4.38. The highest BCUT2D eigenvalue weighted by Gasteiger charge is 2.30. The summed E-state index contributed by atoms with van der Waals surface area (Å²) < 4.78 is 40.2. The predicted octanol–water partition coefficient (Wildman–Crippen LogP) is 11.6. The van der Waals surface area contributed by atoms with E-state index < -0.39 is 11.7 Å². The molecule has 0 aliphatic carbocycles. The first-order chi connectivity index (χ1) is 19.9. The second kappa shape index (κ2) is 8.55. The number of aryl methyl sites for hydroxylation is 1. The summed E-state index contributed by atoms with van der Waals surface area (Å²) in [6.45, 7) is 2.06. The Hall–Kier alpha value is -4.89. The van der Waals surface area contributed by atoms with Gasteiger partial charge in [-0.25, -0.2) is 0 Å². The Morgan fingerprint density at radius 1 is 0.463 bits per heavy atom. The van der Waals surface area contributed by atoms with E-state index in [0.717, 1.165) is 49.4 Å². The van der Waals surface area contributed by atoms with Crippen LogP contribution >= 0.6 is 0 Å². The molecule has 8 aromatic carbocycles. The van der Waals surface area contributed by atoms with E-state index in [9.17, 15) is 13.2 Å². The lowest BCUT2D eigenvalue weighted by molar-refractivity contribution is -0.137. The van der Waals surface area contributed by atoms with Gasteiger partial charge in [-0.15, -0.1) is 0 Å². The van der Waals surface area contributed by atoms with Gasteiger partial charge in [-0.1, -0.05) is 115 Å². The molecular formula is C38H23F3. The molecule has 0 saturated heterocycles. The van der Waals surface area contributed by atoms with E-state index in [-0.39, 0.29) is 0 Å². The third-order valence-electron chi connectivity index (χ3n) is 8.48. The second-order valence-corrected chi connectivity index (χ2v) is 10.9. The maximum absolute atomic E-state index is 13.4. The normalized spacial score (nSPS) is 12.4. The van der Waals surface area contributed by atoms with Gasteiger partial charge in [0.05, 0.1) is 5.56 Å². The number of hydrogen-bond acceptors (Lipinski definition) is 0. The lowest BCUT2D eigenvalue weighted by Crippen LogP contribution is -2.04. The molecule has 0 saturated carbocycles. The van der Waals surface area contributed by atoms with Crippen LogP contribution in [0.15, 0.2) is 121 Å². The fourth-order valence-electron chi connectivity index (χ4n) is 6.67. The standard InChI is InChI=1S/C38H23F3/c1-22-9-18-32-33(21-22)35(25-12-16-27(17-13-25)38(39,40)41)28-7-2-3-8-29(28)37(32)31-20-15-26-11-10-23-5-4-6-24-14-19-30(31)36(26)34(23)24/h2-21H,1H3. The summed E-state index contributed by atoms with van der Waals surface area (Å²) in [5.74, 6) is 0. The summed E-state index contributed by atoms with van der Waals surface area (Å²) in [7, 11) is 0. The van der Waals surface area contributed by atoms with Crippen LogP contribution in [0.1, 0.15) is 11.1 Å². The van der Waals surface area contributed by atoms with E-state index in [4.69, 9.17) is 0 Å². The molecule has 0 aliphatic rings. The van der Waals surface area contributed by atoms with Crippen LogP contribution in [0.25, 0.3) is 76.1 Å². The van der Waals surface area contributed by atoms with Gasteiger partial charge in [0.1, 0.15) is 0 Å². The monoisotopic (exact) mass is 536 g/mol. The molecule has 0 nitrogen and oxygen atoms in total. The van der Waals surface area contributed by atoms with Crippen molar-refractivity contribution in [1.82, 2.24) is 0 Å². The second-order valence-electron chi connectivity index (χ2n) is 10.9. The summed E-state index contributed by atoms with van der Waals surface area (Å²) in [6, 6.07) is 40.0. The van der Waals surface area contributed by atoms with Gasteiger partial charge in [-0.05, 0) is 95.2 Å². The first-order valence-electron chi connectivity index (χ1n) is 13.7. The molecule has 8 aromatic rings. The van der Waals surface area contributed by atoms with Crippen LogP contribution in [0.4, 0.5) is 13.2 Å². The Kier molecular flexibility index (Phi) is 5.00. The van der Waals surface area contributed by atoms with Crippen molar-refractivity contribution in [2.45, 2.75) is 13.1 Å². The Balaban J connectivity index is 1.51. The molecule has 196 valence electrons. The third-order valence-corrected chi connectivity index (χ3v) is 8.48. The molecule has 0 unspecified atom stereocenters. The first-order valence-corrected chi connectivity index (χ1v) is 13.7. The van der Waals surface area contributed by atoms with E-state index in [0.29, 0.717) is 0 Å². The highest BCUT2D eigenvalue weighted by Crippen LogP contribution is 2.47. The fourth-order valence-corrected chi connectivity index (χ4v) is 6.67. The zero-order valence-electron chi connectivity index (χ0n) is 22.2. The molecule has 0 spiro atoms. The number of hydrogen-bond donors (Lipinski definition) is 0. The molecule has 0 amide bonds. The van der Waals surface area contributed by atoms with Gasteiger partial charge in [0.25, 0.3) is 0 Å². The van der Waals surface area contributed by atoms with Crippen molar-refractivity contribution in [1.29, 1.82) is 0 Å². The highest BCUT2D eigenvalue weighted by molar-refractivity contribution is 6.29. The van der Waals surface area contributed by atoms with Gasteiger partial charge >= 0.3 is 6.18 Å². The number of benzene rings is 8. The van der Waals surface area contributed by atoms with Gasteiger partial charge in [0.2, 0.25) is 0 Å². The molecule has 0 bridgehead atoms. The van der Waals surface area contributed by atoms with E-state index in [1.807, 2.05) is 12.1 Å². The quantitative estimate of drug-likeness (QED) is 0.152. The maximum Gasteiger partial charge on any atom is 0.416 e. The number of alkyl halides is 3. The molecule has 0 N–H and O–H groups in total. The van der Waals surface area contributed by atoms with Crippen LogP contribution in [-0.2, 0) is 6.18 Å². The summed E-state index contributed by atoms with van der Waals surface area (Å²) in [5, 5.41) is 11.6. The molecule has 0 heterocycles. The fraction of sp³-hybridized carbons (Fsp3) is 0.0526. The third kappa shape index (κ3) is 3.55. The average molecular weight is 537 g/mol. The summed E-state index contributed by atoms with van der Waals surface area (Å²) >= 11 is 0. The van der Waals surface area contributed by atoms with Crippen molar-refractivity contribution < 1.29 is 13.2 Å². The van der Waals surface area contributed by atoms with Gasteiger partial charge in [0.15, 0.2) is 0 Å². The smallest absolute Gasteiger partial charge is 0.166 e. The average Bonchev–Trinajstić information content (AvgIpc) is 2.98. The summed E-state index contributed by atoms with van der Waals surface area (Å²) in [5.41, 5.74) is 4.48. The minimum Gasteiger partial charge on any atom is -0.166 e. The molecular weight excluding hydrogens is 513 g/mol. The lowest BCUT2D eigenvalue weighted by atomic mass is 9.83. The largest absolute Gasteiger partial charge is 0.416 e. The number of halogens is 3. The Labute approximate surface area is 234 Å². The van der Waals surface area contributed by atoms with E-state index >= 15 is 0 Å². The SMILES string of the molecule is Cc1ccc2c(-c3ccc4ccc5cccc6ccc3c4c56)c3ccccc3c(-c3ccc(C(F)(F)F)cc3)c2c1. The van der Waals surface area contributed by atoms with Crippen LogP contribution < -0.4 is 0 Å². The zero-order chi connectivity index (χ0) is 27.9. The van der Waals surface area contributed by atoms with E-state index in [2.05, 4.69) is 91.9 Å². The van der Waals surface area contributed by atoms with Crippen LogP contribution in [0.5, 0.6) is 0 Å². The highest BCUT2D eigenvalue weighted by atomic mass is 19.4. The van der Waals surface area contributed by atoms with Crippen LogP contribution in [-0.4, -0.2) is 0 Å². The summed E-state index contributed by atoms with van der Waals surface area (Å²) in [4.78, 5) is 0. The molecule has 8 rings (SSSR count). The molecule has 0 aromatic heterocycles. The Bertz CT molecular complexity index is 2270. The van der Waals surface area contributed by atoms with Crippen molar-refractivity contribution >= 4 is 53.9 Å². The zero-order valence-corrected chi connectivity index (χ0v) is 22.2. The van der Waals surface area contributed by atoms with Gasteiger partial charge < -0.3 is 0 Å². The van der Waals surface area contributed by atoms with Gasteiger partial charge in [0, 0.05) is 0 Å². The van der Waals surface area contributed by atoms with Crippen LogP contribution in [0.2, 0.25) is 0 Å². The molecule has 41 heavy (non-hydrogen) atoms. The minimum atomic E-state index is -4.38. The van der Waals surface area contributed by atoms with Crippen LogP contribution in [0.3, 0.4) is 0 Å².